The molecule has 2 aliphatic heterocycles. The molecule has 1 fully saturated rings. The topological polar surface area (TPSA) is 67.2 Å². The van der Waals surface area contributed by atoms with Crippen LogP contribution in [0.25, 0.3) is 11.4 Å². The Morgan fingerprint density at radius 1 is 1.10 bits per heavy atom. The molecule has 0 aliphatic carbocycles. The van der Waals surface area contributed by atoms with Gasteiger partial charge in [-0.05, 0) is 50.7 Å². The van der Waals surface area contributed by atoms with Gasteiger partial charge in [0.25, 0.3) is 5.91 Å². The zero-order valence-corrected chi connectivity index (χ0v) is 17.6. The number of carbonyl (C=O) groups excluding carboxylic acids is 1. The fourth-order valence-electron chi connectivity index (χ4n) is 4.73. The normalized spacial score (nSPS) is 20.8. The minimum atomic E-state index is 0.0185. The Morgan fingerprint density at radius 2 is 1.87 bits per heavy atom. The molecule has 3 aromatic rings. The number of hydrogen-bond donors (Lipinski definition) is 0. The number of amides is 1. The molecule has 7 nitrogen and oxygen atoms in total. The predicted octanol–water partition coefficient (Wildman–Crippen LogP) is 2.79. The molecule has 0 N–H and O–H groups in total. The lowest BCUT2D eigenvalue weighted by molar-refractivity contribution is -0.120. The van der Waals surface area contributed by atoms with Gasteiger partial charge in [-0.25, -0.2) is 0 Å². The number of nitrogens with zero attached hydrogens (tertiary/aromatic N) is 6. The standard InChI is InChI=1S/C23H26N6O/c1-15-4-7-17(8-5-15)23-24-26-28(25-23)14-22(30)29-20-9-6-16(2)12-18(20)19-13-27(3)11-10-21(19)29/h4-9,12,19,21H,10-11,13-14H2,1-3H3/t19-,21+/m1/s1. The maximum Gasteiger partial charge on any atom is 0.250 e. The molecule has 1 amide bonds. The zero-order valence-electron chi connectivity index (χ0n) is 17.6. The molecule has 1 aromatic heterocycles. The summed E-state index contributed by atoms with van der Waals surface area (Å²) < 4.78 is 0. The van der Waals surface area contributed by atoms with Crippen LogP contribution < -0.4 is 4.90 Å². The summed E-state index contributed by atoms with van der Waals surface area (Å²) in [6.07, 6.45) is 0.972. The van der Waals surface area contributed by atoms with Gasteiger partial charge >= 0.3 is 0 Å². The molecule has 0 saturated carbocycles. The third-order valence-electron chi connectivity index (χ3n) is 6.26. The lowest BCUT2D eigenvalue weighted by Crippen LogP contribution is -2.48. The van der Waals surface area contributed by atoms with E-state index in [2.05, 4.69) is 52.5 Å². The van der Waals surface area contributed by atoms with Crippen molar-refractivity contribution in [2.75, 3.05) is 25.0 Å². The summed E-state index contributed by atoms with van der Waals surface area (Å²) in [5, 5.41) is 12.7. The summed E-state index contributed by atoms with van der Waals surface area (Å²) >= 11 is 0. The van der Waals surface area contributed by atoms with Crippen molar-refractivity contribution in [3.05, 3.63) is 59.2 Å². The number of fused-ring (bicyclic) bond motifs is 3. The zero-order chi connectivity index (χ0) is 20.8. The average molecular weight is 403 g/mol. The highest BCUT2D eigenvalue weighted by Gasteiger charge is 2.43. The fraction of sp³-hybridized carbons (Fsp3) is 0.391. The number of piperidine rings is 1. The summed E-state index contributed by atoms with van der Waals surface area (Å²) in [6, 6.07) is 14.6. The van der Waals surface area contributed by atoms with Crippen molar-refractivity contribution in [1.82, 2.24) is 25.1 Å². The number of anilines is 1. The fourth-order valence-corrected chi connectivity index (χ4v) is 4.73. The van der Waals surface area contributed by atoms with Crippen LogP contribution in [0.3, 0.4) is 0 Å². The van der Waals surface area contributed by atoms with E-state index in [1.165, 1.54) is 21.5 Å². The summed E-state index contributed by atoms with van der Waals surface area (Å²) in [5.41, 5.74) is 5.63. The number of likely N-dealkylation sites (N-methyl/N-ethyl adjacent to an activating group) is 1. The van der Waals surface area contributed by atoms with Crippen LogP contribution in [0, 0.1) is 13.8 Å². The highest BCUT2D eigenvalue weighted by atomic mass is 16.2. The average Bonchev–Trinajstić information content (AvgIpc) is 3.31. The van der Waals surface area contributed by atoms with Gasteiger partial charge in [0.2, 0.25) is 5.82 Å². The molecule has 3 heterocycles. The molecule has 2 aromatic carbocycles. The first-order valence-corrected chi connectivity index (χ1v) is 10.5. The van der Waals surface area contributed by atoms with Gasteiger partial charge in [-0.3, -0.25) is 4.79 Å². The largest absolute Gasteiger partial charge is 0.307 e. The van der Waals surface area contributed by atoms with E-state index in [1.54, 1.807) is 0 Å². The van der Waals surface area contributed by atoms with E-state index in [1.807, 2.05) is 36.1 Å². The number of rotatable bonds is 3. The quantitative estimate of drug-likeness (QED) is 0.674. The van der Waals surface area contributed by atoms with Crippen LogP contribution in [0.15, 0.2) is 42.5 Å². The summed E-state index contributed by atoms with van der Waals surface area (Å²) in [5.74, 6) is 0.914. The molecular formula is C23H26N6O. The van der Waals surface area contributed by atoms with Gasteiger partial charge < -0.3 is 9.80 Å². The summed E-state index contributed by atoms with van der Waals surface area (Å²) in [4.78, 5) is 19.1. The van der Waals surface area contributed by atoms with Crippen LogP contribution in [0.4, 0.5) is 5.69 Å². The molecule has 7 heteroatoms. The van der Waals surface area contributed by atoms with Crippen molar-refractivity contribution in [3.63, 3.8) is 0 Å². The van der Waals surface area contributed by atoms with E-state index in [9.17, 15) is 4.79 Å². The molecule has 0 bridgehead atoms. The van der Waals surface area contributed by atoms with Crippen LogP contribution in [-0.4, -0.2) is 57.2 Å². The lowest BCUT2D eigenvalue weighted by Gasteiger charge is -2.36. The number of likely N-dealkylation sites (tertiary alicyclic amines) is 1. The molecule has 2 atom stereocenters. The van der Waals surface area contributed by atoms with Crippen LogP contribution in [-0.2, 0) is 11.3 Å². The van der Waals surface area contributed by atoms with E-state index >= 15 is 0 Å². The number of tetrazole rings is 1. The van der Waals surface area contributed by atoms with Crippen LogP contribution in [0.1, 0.15) is 29.0 Å². The van der Waals surface area contributed by atoms with E-state index in [-0.39, 0.29) is 18.5 Å². The van der Waals surface area contributed by atoms with Crippen LogP contribution in [0.2, 0.25) is 0 Å². The van der Waals surface area contributed by atoms with Crippen molar-refractivity contribution < 1.29 is 4.79 Å². The maximum absolute atomic E-state index is 13.4. The van der Waals surface area contributed by atoms with Crippen molar-refractivity contribution in [2.45, 2.75) is 38.8 Å². The number of aromatic nitrogens is 4. The third kappa shape index (κ3) is 3.29. The molecule has 0 spiro atoms. The van der Waals surface area contributed by atoms with Gasteiger partial charge in [0.1, 0.15) is 6.54 Å². The Labute approximate surface area is 176 Å². The summed E-state index contributed by atoms with van der Waals surface area (Å²) in [7, 11) is 2.15. The SMILES string of the molecule is Cc1ccc(-c2nnn(CC(=O)N3c4ccc(C)cc4[C@H]4CN(C)CC[C@@H]43)n2)cc1. The molecule has 0 radical (unpaired) electrons. The number of hydrogen-bond acceptors (Lipinski definition) is 5. The molecular weight excluding hydrogens is 376 g/mol. The first kappa shape index (κ1) is 18.9. The van der Waals surface area contributed by atoms with Crippen molar-refractivity contribution >= 4 is 11.6 Å². The van der Waals surface area contributed by atoms with Crippen molar-refractivity contribution in [1.29, 1.82) is 0 Å². The Kier molecular flexibility index (Phi) is 4.62. The lowest BCUT2D eigenvalue weighted by atomic mass is 9.89. The van der Waals surface area contributed by atoms with Gasteiger partial charge in [0.05, 0.1) is 0 Å². The van der Waals surface area contributed by atoms with E-state index < -0.39 is 0 Å². The number of benzene rings is 2. The maximum atomic E-state index is 13.4. The highest BCUT2D eigenvalue weighted by molar-refractivity contribution is 5.96. The second-order valence-corrected chi connectivity index (χ2v) is 8.56. The van der Waals surface area contributed by atoms with Gasteiger partial charge in [0.15, 0.2) is 0 Å². The smallest absolute Gasteiger partial charge is 0.250 e. The molecule has 1 saturated heterocycles. The Hall–Kier alpha value is -3.06. The van der Waals surface area contributed by atoms with Crippen molar-refractivity contribution in [2.24, 2.45) is 0 Å². The predicted molar refractivity (Wildman–Crippen MR) is 115 cm³/mol. The molecule has 30 heavy (non-hydrogen) atoms. The van der Waals surface area contributed by atoms with E-state index in [4.69, 9.17) is 0 Å². The van der Waals surface area contributed by atoms with Gasteiger partial charge in [-0.15, -0.1) is 10.2 Å². The highest BCUT2D eigenvalue weighted by Crippen LogP contribution is 2.45. The Bertz CT molecular complexity index is 1090. The van der Waals surface area contributed by atoms with E-state index in [0.29, 0.717) is 11.7 Å². The van der Waals surface area contributed by atoms with Crippen molar-refractivity contribution in [3.8, 4) is 11.4 Å². The minimum absolute atomic E-state index is 0.0185. The summed E-state index contributed by atoms with van der Waals surface area (Å²) in [6.45, 7) is 6.21. The molecule has 2 aliphatic rings. The first-order valence-electron chi connectivity index (χ1n) is 10.5. The van der Waals surface area contributed by atoms with Gasteiger partial charge in [-0.1, -0.05) is 47.5 Å². The second-order valence-electron chi connectivity index (χ2n) is 8.56. The van der Waals surface area contributed by atoms with E-state index in [0.717, 1.165) is 30.8 Å². The van der Waals surface area contributed by atoms with Crippen LogP contribution in [0.5, 0.6) is 0 Å². The number of carbonyl (C=O) groups is 1. The molecule has 154 valence electrons. The molecule has 5 rings (SSSR count). The first-order chi connectivity index (χ1) is 14.5. The van der Waals surface area contributed by atoms with Crippen LogP contribution >= 0.6 is 0 Å². The Morgan fingerprint density at radius 3 is 2.67 bits per heavy atom. The minimum Gasteiger partial charge on any atom is -0.307 e. The van der Waals surface area contributed by atoms with Gasteiger partial charge in [-0.2, -0.15) is 4.80 Å². The third-order valence-corrected chi connectivity index (χ3v) is 6.26. The van der Waals surface area contributed by atoms with Gasteiger partial charge in [0, 0.05) is 29.8 Å². The monoisotopic (exact) mass is 402 g/mol. The second kappa shape index (κ2) is 7.32. The Balaban J connectivity index is 1.40. The molecule has 0 unspecified atom stereocenters. The number of aryl methyl sites for hydroxylation is 2.